The molecule has 0 amide bonds. The molecular formula is C16H21FN6. The number of hydrogen-bond donors (Lipinski definition) is 0. The average Bonchev–Trinajstić information content (AvgIpc) is 2.55. The molecule has 1 aliphatic heterocycles. The number of anilines is 3. The van der Waals surface area contributed by atoms with Crippen LogP contribution >= 0.6 is 0 Å². The number of aromatic nitrogens is 3. The van der Waals surface area contributed by atoms with E-state index < -0.39 is 0 Å². The maximum Gasteiger partial charge on any atom is 0.226 e. The van der Waals surface area contributed by atoms with Gasteiger partial charge in [0.05, 0.1) is 6.20 Å². The standard InChI is InChI=1S/C16H21FN6/c1-12-10-15(20-16(19-12)21(2)3)23-8-6-22(7-9-23)14-5-4-13(17)11-18-14/h4-5,10-11H,6-9H2,1-3H3. The van der Waals surface area contributed by atoms with Gasteiger partial charge in [-0.25, -0.2) is 14.4 Å². The summed E-state index contributed by atoms with van der Waals surface area (Å²) in [6.07, 6.45) is 1.26. The van der Waals surface area contributed by atoms with Gasteiger partial charge in [-0.2, -0.15) is 4.98 Å². The highest BCUT2D eigenvalue weighted by atomic mass is 19.1. The van der Waals surface area contributed by atoms with Crippen molar-refractivity contribution >= 4 is 17.6 Å². The normalized spacial score (nSPS) is 15.0. The van der Waals surface area contributed by atoms with Gasteiger partial charge < -0.3 is 14.7 Å². The van der Waals surface area contributed by atoms with E-state index in [0.717, 1.165) is 49.5 Å². The molecule has 3 heterocycles. The smallest absolute Gasteiger partial charge is 0.226 e. The highest BCUT2D eigenvalue weighted by Gasteiger charge is 2.20. The molecule has 2 aromatic heterocycles. The zero-order valence-electron chi connectivity index (χ0n) is 13.7. The van der Waals surface area contributed by atoms with Crippen LogP contribution < -0.4 is 14.7 Å². The van der Waals surface area contributed by atoms with Gasteiger partial charge in [0, 0.05) is 52.0 Å². The molecule has 0 N–H and O–H groups in total. The molecular weight excluding hydrogens is 295 g/mol. The number of nitrogens with zero attached hydrogens (tertiary/aromatic N) is 6. The Morgan fingerprint density at radius 1 is 1.00 bits per heavy atom. The van der Waals surface area contributed by atoms with Gasteiger partial charge in [-0.05, 0) is 19.1 Å². The van der Waals surface area contributed by atoms with Gasteiger partial charge >= 0.3 is 0 Å². The van der Waals surface area contributed by atoms with Crippen LogP contribution in [0.5, 0.6) is 0 Å². The first-order valence-electron chi connectivity index (χ1n) is 7.67. The van der Waals surface area contributed by atoms with Gasteiger partial charge in [-0.15, -0.1) is 0 Å². The number of piperazine rings is 1. The fraction of sp³-hybridized carbons (Fsp3) is 0.438. The average molecular weight is 316 g/mol. The number of aryl methyl sites for hydroxylation is 1. The molecule has 2 aromatic rings. The minimum atomic E-state index is -0.305. The van der Waals surface area contributed by atoms with E-state index in [-0.39, 0.29) is 5.82 Å². The van der Waals surface area contributed by atoms with Crippen LogP contribution in [0.2, 0.25) is 0 Å². The summed E-state index contributed by atoms with van der Waals surface area (Å²) < 4.78 is 13.0. The molecule has 0 unspecified atom stereocenters. The van der Waals surface area contributed by atoms with E-state index in [0.29, 0.717) is 0 Å². The molecule has 1 fully saturated rings. The van der Waals surface area contributed by atoms with Crippen molar-refractivity contribution in [3.8, 4) is 0 Å². The van der Waals surface area contributed by atoms with Crippen LogP contribution in [0.3, 0.4) is 0 Å². The van der Waals surface area contributed by atoms with Crippen LogP contribution in [0.1, 0.15) is 5.69 Å². The Balaban J connectivity index is 1.70. The number of hydrogen-bond acceptors (Lipinski definition) is 6. The lowest BCUT2D eigenvalue weighted by molar-refractivity contribution is 0.614. The van der Waals surface area contributed by atoms with Gasteiger partial charge in [0.25, 0.3) is 0 Å². The van der Waals surface area contributed by atoms with Crippen LogP contribution in [-0.4, -0.2) is 55.2 Å². The quantitative estimate of drug-likeness (QED) is 0.859. The molecule has 23 heavy (non-hydrogen) atoms. The van der Waals surface area contributed by atoms with E-state index in [1.54, 1.807) is 6.07 Å². The topological polar surface area (TPSA) is 48.4 Å². The lowest BCUT2D eigenvalue weighted by atomic mass is 10.3. The summed E-state index contributed by atoms with van der Waals surface area (Å²) >= 11 is 0. The van der Waals surface area contributed by atoms with Crippen molar-refractivity contribution in [2.24, 2.45) is 0 Å². The predicted octanol–water partition coefficient (Wildman–Crippen LogP) is 1.71. The van der Waals surface area contributed by atoms with Crippen molar-refractivity contribution in [1.29, 1.82) is 0 Å². The summed E-state index contributed by atoms with van der Waals surface area (Å²) in [5.41, 5.74) is 0.960. The van der Waals surface area contributed by atoms with Crippen LogP contribution in [0.4, 0.5) is 22.0 Å². The highest BCUT2D eigenvalue weighted by molar-refractivity contribution is 5.48. The highest BCUT2D eigenvalue weighted by Crippen LogP contribution is 2.20. The molecule has 0 saturated carbocycles. The van der Waals surface area contributed by atoms with E-state index in [1.165, 1.54) is 12.3 Å². The predicted molar refractivity (Wildman–Crippen MR) is 89.7 cm³/mol. The largest absolute Gasteiger partial charge is 0.353 e. The van der Waals surface area contributed by atoms with Gasteiger partial charge in [0.2, 0.25) is 5.95 Å². The molecule has 0 atom stereocenters. The molecule has 0 aliphatic carbocycles. The van der Waals surface area contributed by atoms with Crippen LogP contribution in [0.25, 0.3) is 0 Å². The van der Waals surface area contributed by atoms with Crippen LogP contribution in [0, 0.1) is 12.7 Å². The van der Waals surface area contributed by atoms with Gasteiger partial charge in [-0.1, -0.05) is 0 Å². The first-order valence-corrected chi connectivity index (χ1v) is 7.67. The van der Waals surface area contributed by atoms with Gasteiger partial charge in [0.15, 0.2) is 0 Å². The maximum atomic E-state index is 13.0. The first-order chi connectivity index (χ1) is 11.0. The van der Waals surface area contributed by atoms with E-state index in [1.807, 2.05) is 32.0 Å². The minimum Gasteiger partial charge on any atom is -0.353 e. The Hall–Kier alpha value is -2.44. The van der Waals surface area contributed by atoms with Gasteiger partial charge in [-0.3, -0.25) is 0 Å². The van der Waals surface area contributed by atoms with Crippen molar-refractivity contribution in [2.75, 3.05) is 55.0 Å². The third-order valence-corrected chi connectivity index (χ3v) is 3.87. The molecule has 3 rings (SSSR count). The number of rotatable bonds is 3. The number of pyridine rings is 1. The summed E-state index contributed by atoms with van der Waals surface area (Å²) in [4.78, 5) is 19.5. The van der Waals surface area contributed by atoms with Crippen LogP contribution in [-0.2, 0) is 0 Å². The lowest BCUT2D eigenvalue weighted by Gasteiger charge is -2.36. The zero-order chi connectivity index (χ0) is 16.4. The Morgan fingerprint density at radius 2 is 1.65 bits per heavy atom. The fourth-order valence-corrected chi connectivity index (χ4v) is 2.62. The Kier molecular flexibility index (Phi) is 4.27. The summed E-state index contributed by atoms with van der Waals surface area (Å²) in [6, 6.07) is 5.19. The molecule has 1 saturated heterocycles. The third-order valence-electron chi connectivity index (χ3n) is 3.87. The summed E-state index contributed by atoms with van der Waals surface area (Å²) in [7, 11) is 3.88. The molecule has 1 aliphatic rings. The number of halogens is 1. The second-order valence-corrected chi connectivity index (χ2v) is 5.87. The van der Waals surface area contributed by atoms with Gasteiger partial charge in [0.1, 0.15) is 17.5 Å². The van der Waals surface area contributed by atoms with Crippen molar-refractivity contribution in [3.63, 3.8) is 0 Å². The van der Waals surface area contributed by atoms with E-state index in [2.05, 4.69) is 24.8 Å². The maximum absolute atomic E-state index is 13.0. The minimum absolute atomic E-state index is 0.305. The molecule has 122 valence electrons. The van der Waals surface area contributed by atoms with Crippen molar-refractivity contribution in [1.82, 2.24) is 15.0 Å². The van der Waals surface area contributed by atoms with Crippen molar-refractivity contribution < 1.29 is 4.39 Å². The summed E-state index contributed by atoms with van der Waals surface area (Å²) in [6.45, 7) is 5.35. The molecule has 6 nitrogen and oxygen atoms in total. The summed E-state index contributed by atoms with van der Waals surface area (Å²) in [5.74, 6) is 2.19. The van der Waals surface area contributed by atoms with E-state index in [9.17, 15) is 4.39 Å². The SMILES string of the molecule is Cc1cc(N2CCN(c3ccc(F)cn3)CC2)nc(N(C)C)n1. The second-order valence-electron chi connectivity index (χ2n) is 5.87. The van der Waals surface area contributed by atoms with E-state index >= 15 is 0 Å². The molecule has 0 aromatic carbocycles. The monoisotopic (exact) mass is 316 g/mol. The Bertz CT molecular complexity index is 665. The van der Waals surface area contributed by atoms with Crippen LogP contribution in [0.15, 0.2) is 24.4 Å². The van der Waals surface area contributed by atoms with Crippen molar-refractivity contribution in [3.05, 3.63) is 35.9 Å². The lowest BCUT2D eigenvalue weighted by Crippen LogP contribution is -2.47. The molecule has 0 spiro atoms. The fourth-order valence-electron chi connectivity index (χ4n) is 2.62. The molecule has 0 bridgehead atoms. The van der Waals surface area contributed by atoms with E-state index in [4.69, 9.17) is 0 Å². The zero-order valence-corrected chi connectivity index (χ0v) is 13.7. The second kappa shape index (κ2) is 6.36. The molecule has 7 heteroatoms. The Labute approximate surface area is 135 Å². The van der Waals surface area contributed by atoms with Crippen molar-refractivity contribution in [2.45, 2.75) is 6.92 Å². The first kappa shape index (κ1) is 15.5. The third kappa shape index (κ3) is 3.49. The Morgan fingerprint density at radius 3 is 2.22 bits per heavy atom. The molecule has 0 radical (unpaired) electrons. The summed E-state index contributed by atoms with van der Waals surface area (Å²) in [5, 5.41) is 0.